The van der Waals surface area contributed by atoms with Crippen molar-refractivity contribution < 1.29 is 9.32 Å². The maximum atomic E-state index is 14.9. The van der Waals surface area contributed by atoms with E-state index in [1.165, 1.54) is 55.1 Å². The van der Waals surface area contributed by atoms with E-state index >= 15 is 0 Å². The maximum absolute atomic E-state index is 14.9. The fraction of sp³-hybridized carbons (Fsp3) is 0.359. The molecule has 3 nitrogen and oxygen atoms in total. The Kier molecular flexibility index (Phi) is 10.6. The molecule has 4 rings (SSSR count). The second-order valence-electron chi connectivity index (χ2n) is 13.7. The SMILES string of the molecule is Cc1cc(C)cc(P(O[C@@H](C(=O)N(C)P(c2cc(C)cc(C)c2)c2cc(C)cc(C)c2)C(C)(C)C)c2cc(C)cc(C)c2)c1. The van der Waals surface area contributed by atoms with Crippen LogP contribution in [0, 0.1) is 60.8 Å². The van der Waals surface area contributed by atoms with E-state index in [0.29, 0.717) is 0 Å². The molecule has 0 N–H and O–H groups in total. The Balaban J connectivity index is 1.85. The Labute approximate surface area is 268 Å². The van der Waals surface area contributed by atoms with Crippen molar-refractivity contribution in [1.82, 2.24) is 4.67 Å². The van der Waals surface area contributed by atoms with Gasteiger partial charge in [-0.05, 0) is 109 Å². The van der Waals surface area contributed by atoms with Crippen LogP contribution in [-0.4, -0.2) is 23.7 Å². The van der Waals surface area contributed by atoms with Crippen LogP contribution in [-0.2, 0) is 9.32 Å². The summed E-state index contributed by atoms with van der Waals surface area (Å²) in [4.78, 5) is 14.9. The highest BCUT2D eigenvalue weighted by molar-refractivity contribution is 7.71. The normalized spacial score (nSPS) is 12.6. The van der Waals surface area contributed by atoms with E-state index in [0.717, 1.165) is 10.6 Å². The molecule has 0 aliphatic rings. The lowest BCUT2D eigenvalue weighted by atomic mass is 9.89. The monoisotopic (exact) mass is 625 g/mol. The Morgan fingerprint density at radius 1 is 0.545 bits per heavy atom. The van der Waals surface area contributed by atoms with E-state index < -0.39 is 27.7 Å². The fourth-order valence-electron chi connectivity index (χ4n) is 6.00. The van der Waals surface area contributed by atoms with Crippen LogP contribution >= 0.6 is 16.2 Å². The molecule has 4 aromatic carbocycles. The van der Waals surface area contributed by atoms with Crippen molar-refractivity contribution >= 4 is 43.3 Å². The van der Waals surface area contributed by atoms with Gasteiger partial charge in [0.25, 0.3) is 5.91 Å². The van der Waals surface area contributed by atoms with Crippen molar-refractivity contribution in [3.8, 4) is 0 Å². The molecule has 4 aromatic rings. The molecular weight excluding hydrogens is 576 g/mol. The average molecular weight is 626 g/mol. The van der Waals surface area contributed by atoms with Crippen LogP contribution in [0.1, 0.15) is 65.3 Å². The molecule has 0 spiro atoms. The molecule has 0 heterocycles. The molecule has 232 valence electrons. The lowest BCUT2D eigenvalue weighted by molar-refractivity contribution is -0.136. The van der Waals surface area contributed by atoms with Crippen LogP contribution in [0.15, 0.2) is 72.8 Å². The minimum atomic E-state index is -1.27. The standard InChI is InChI=1S/C39H49NO2P2/c1-25-13-26(2)18-33(17-25)43(34-19-27(3)14-28(4)20-34)40(12)38(41)37(39(9,10)11)42-44(35-21-29(5)15-30(6)22-35)36-23-31(7)16-32(8)24-36/h13-24,37H,1-12H3/t37-/m0/s1. The van der Waals surface area contributed by atoms with E-state index in [2.05, 4.69) is 149 Å². The summed E-state index contributed by atoms with van der Waals surface area (Å²) < 4.78 is 9.18. The summed E-state index contributed by atoms with van der Waals surface area (Å²) >= 11 is 0. The summed E-state index contributed by atoms with van der Waals surface area (Å²) in [5.41, 5.74) is 9.17. The van der Waals surface area contributed by atoms with Gasteiger partial charge in [0.1, 0.15) is 6.10 Å². The van der Waals surface area contributed by atoms with E-state index in [-0.39, 0.29) is 5.91 Å². The topological polar surface area (TPSA) is 29.5 Å². The molecule has 0 radical (unpaired) electrons. The Morgan fingerprint density at radius 2 is 0.818 bits per heavy atom. The van der Waals surface area contributed by atoms with Crippen LogP contribution in [0.5, 0.6) is 0 Å². The van der Waals surface area contributed by atoms with Gasteiger partial charge in [-0.25, -0.2) is 0 Å². The number of hydrogen-bond acceptors (Lipinski definition) is 2. The first-order chi connectivity index (χ1) is 20.5. The zero-order valence-electron chi connectivity index (χ0n) is 28.7. The number of carbonyl (C=O) groups excluding carboxylic acids is 1. The van der Waals surface area contributed by atoms with Crippen LogP contribution in [0.4, 0.5) is 0 Å². The highest BCUT2D eigenvalue weighted by atomic mass is 31.1. The van der Waals surface area contributed by atoms with E-state index in [9.17, 15) is 4.79 Å². The maximum Gasteiger partial charge on any atom is 0.256 e. The Hall–Kier alpha value is -2.83. The summed E-state index contributed by atoms with van der Waals surface area (Å²) in [6.07, 6.45) is -0.651. The zero-order valence-corrected chi connectivity index (χ0v) is 30.5. The van der Waals surface area contributed by atoms with Gasteiger partial charge in [0.2, 0.25) is 0 Å². The van der Waals surface area contributed by atoms with Gasteiger partial charge in [0.05, 0.1) is 16.2 Å². The van der Waals surface area contributed by atoms with Gasteiger partial charge >= 0.3 is 0 Å². The number of aryl methyl sites for hydroxylation is 8. The van der Waals surface area contributed by atoms with Crippen LogP contribution in [0.3, 0.4) is 0 Å². The van der Waals surface area contributed by atoms with Crippen LogP contribution < -0.4 is 21.2 Å². The van der Waals surface area contributed by atoms with Crippen molar-refractivity contribution in [2.24, 2.45) is 5.41 Å². The molecule has 0 unspecified atom stereocenters. The highest BCUT2D eigenvalue weighted by Gasteiger charge is 2.40. The van der Waals surface area contributed by atoms with Gasteiger partial charge in [-0.15, -0.1) is 0 Å². The van der Waals surface area contributed by atoms with Gasteiger partial charge in [-0.2, -0.15) is 0 Å². The largest absolute Gasteiger partial charge is 0.336 e. The molecule has 0 aliphatic heterocycles. The molecule has 0 aliphatic carbocycles. The molecule has 1 atom stereocenters. The summed E-state index contributed by atoms with van der Waals surface area (Å²) in [5.74, 6) is 0.0168. The smallest absolute Gasteiger partial charge is 0.256 e. The molecular formula is C39H49NO2P2. The first-order valence-corrected chi connectivity index (χ1v) is 17.9. The molecule has 44 heavy (non-hydrogen) atoms. The van der Waals surface area contributed by atoms with Gasteiger partial charge in [-0.1, -0.05) is 89.5 Å². The second-order valence-corrected chi connectivity index (χ2v) is 17.8. The van der Waals surface area contributed by atoms with Crippen molar-refractivity contribution in [2.75, 3.05) is 7.05 Å². The molecule has 0 aromatic heterocycles. The third kappa shape index (κ3) is 8.25. The van der Waals surface area contributed by atoms with Gasteiger partial charge in [-0.3, -0.25) is 4.79 Å². The van der Waals surface area contributed by atoms with Gasteiger partial charge in [0, 0.05) is 28.3 Å². The number of carbonyl (C=O) groups is 1. The third-order valence-corrected chi connectivity index (χ3v) is 11.8. The number of benzene rings is 4. The predicted molar refractivity (Wildman–Crippen MR) is 193 cm³/mol. The van der Waals surface area contributed by atoms with E-state index in [1.807, 2.05) is 11.7 Å². The summed E-state index contributed by atoms with van der Waals surface area (Å²) in [5, 5.41) is 4.63. The third-order valence-electron chi connectivity index (χ3n) is 7.62. The zero-order chi connectivity index (χ0) is 32.5. The molecule has 0 saturated carbocycles. The number of amides is 1. The molecule has 5 heteroatoms. The molecule has 0 bridgehead atoms. The lowest BCUT2D eigenvalue weighted by Crippen LogP contribution is -2.45. The number of likely N-dealkylation sites (N-methyl/N-ethyl adjacent to an activating group) is 1. The number of nitrogens with zero attached hydrogens (tertiary/aromatic N) is 1. The molecule has 0 saturated heterocycles. The van der Waals surface area contributed by atoms with Gasteiger partial charge < -0.3 is 9.19 Å². The fourth-order valence-corrected chi connectivity index (χ4v) is 11.0. The van der Waals surface area contributed by atoms with E-state index in [4.69, 9.17) is 4.52 Å². The molecule has 0 fully saturated rings. The second kappa shape index (κ2) is 13.7. The van der Waals surface area contributed by atoms with Crippen molar-refractivity contribution in [1.29, 1.82) is 0 Å². The van der Waals surface area contributed by atoms with Crippen LogP contribution in [0.2, 0.25) is 0 Å². The van der Waals surface area contributed by atoms with Gasteiger partial charge in [0.15, 0.2) is 0 Å². The minimum Gasteiger partial charge on any atom is -0.336 e. The minimum absolute atomic E-state index is 0.0168. The Morgan fingerprint density at radius 3 is 1.09 bits per heavy atom. The quantitative estimate of drug-likeness (QED) is 0.184. The first-order valence-electron chi connectivity index (χ1n) is 15.4. The van der Waals surface area contributed by atoms with Crippen molar-refractivity contribution in [3.05, 3.63) is 117 Å². The Bertz CT molecular complexity index is 1490. The van der Waals surface area contributed by atoms with Crippen molar-refractivity contribution in [3.63, 3.8) is 0 Å². The lowest BCUT2D eigenvalue weighted by Gasteiger charge is -2.38. The summed E-state index contributed by atoms with van der Waals surface area (Å²) in [7, 11) is -0.431. The van der Waals surface area contributed by atoms with Crippen LogP contribution in [0.25, 0.3) is 0 Å². The predicted octanol–water partition coefficient (Wildman–Crippen LogP) is 8.44. The van der Waals surface area contributed by atoms with E-state index in [1.54, 1.807) is 0 Å². The average Bonchev–Trinajstić information content (AvgIpc) is 2.86. The molecule has 1 amide bonds. The number of rotatable bonds is 8. The van der Waals surface area contributed by atoms with Crippen molar-refractivity contribution in [2.45, 2.75) is 82.3 Å². The first kappa shape index (κ1) is 34.1. The highest BCUT2D eigenvalue weighted by Crippen LogP contribution is 2.45. The summed E-state index contributed by atoms with van der Waals surface area (Å²) in [6.45, 7) is 23.4. The number of hydrogen-bond donors (Lipinski definition) is 0. The summed E-state index contributed by atoms with van der Waals surface area (Å²) in [6, 6.07) is 26.6.